The molecule has 0 spiro atoms. The highest BCUT2D eigenvalue weighted by Crippen LogP contribution is 2.27. The van der Waals surface area contributed by atoms with Gasteiger partial charge in [-0.1, -0.05) is 18.9 Å². The molecule has 0 radical (unpaired) electrons. The van der Waals surface area contributed by atoms with Gasteiger partial charge in [-0.25, -0.2) is 12.7 Å². The maximum atomic E-state index is 12.4. The van der Waals surface area contributed by atoms with Crippen LogP contribution >= 0.6 is 0 Å². The average molecular weight is 278 g/mol. The predicted octanol–water partition coefficient (Wildman–Crippen LogP) is 2.37. The molecule has 102 valence electrons. The number of benzene rings is 1. The number of hydrogen-bond acceptors (Lipinski definition) is 3. The highest BCUT2D eigenvalue weighted by Gasteiger charge is 2.25. The van der Waals surface area contributed by atoms with Gasteiger partial charge in [0.25, 0.3) is 0 Å². The van der Waals surface area contributed by atoms with E-state index < -0.39 is 10.0 Å². The lowest BCUT2D eigenvalue weighted by Crippen LogP contribution is -2.31. The van der Waals surface area contributed by atoms with Gasteiger partial charge < -0.3 is 0 Å². The third kappa shape index (κ3) is 3.14. The molecule has 19 heavy (non-hydrogen) atoms. The standard InChI is InChI=1S/C14H18N2O2S/c1-16(11-12-5-2-3-6-12)19(17,18)14-8-4-7-13(9-14)10-15/h4,7-9,12H,2-3,5-6,11H2,1H3. The molecule has 0 amide bonds. The molecule has 0 heterocycles. The first-order chi connectivity index (χ1) is 9.04. The second-order valence-corrected chi connectivity index (χ2v) is 7.12. The van der Waals surface area contributed by atoms with Crippen LogP contribution in [-0.2, 0) is 10.0 Å². The second kappa shape index (κ2) is 5.72. The molecule has 0 atom stereocenters. The van der Waals surface area contributed by atoms with E-state index in [1.54, 1.807) is 25.2 Å². The first-order valence-electron chi connectivity index (χ1n) is 6.50. The summed E-state index contributed by atoms with van der Waals surface area (Å²) in [5.41, 5.74) is 0.371. The summed E-state index contributed by atoms with van der Waals surface area (Å²) < 4.78 is 26.2. The summed E-state index contributed by atoms with van der Waals surface area (Å²) in [5.74, 6) is 0.471. The fraction of sp³-hybridized carbons (Fsp3) is 0.500. The molecule has 1 fully saturated rings. The zero-order chi connectivity index (χ0) is 13.9. The monoisotopic (exact) mass is 278 g/mol. The number of nitrogens with zero attached hydrogens (tertiary/aromatic N) is 2. The van der Waals surface area contributed by atoms with Crippen LogP contribution in [0.5, 0.6) is 0 Å². The largest absolute Gasteiger partial charge is 0.242 e. The molecular weight excluding hydrogens is 260 g/mol. The third-order valence-electron chi connectivity index (χ3n) is 3.66. The van der Waals surface area contributed by atoms with Crippen molar-refractivity contribution in [2.24, 2.45) is 5.92 Å². The lowest BCUT2D eigenvalue weighted by atomic mass is 10.1. The Morgan fingerprint density at radius 3 is 2.68 bits per heavy atom. The maximum Gasteiger partial charge on any atom is 0.242 e. The normalized spacial score (nSPS) is 16.7. The van der Waals surface area contributed by atoms with Gasteiger partial charge in [0.1, 0.15) is 0 Å². The fourth-order valence-corrected chi connectivity index (χ4v) is 3.85. The molecule has 1 aromatic carbocycles. The summed E-state index contributed by atoms with van der Waals surface area (Å²) in [6.07, 6.45) is 4.61. The van der Waals surface area contributed by atoms with E-state index in [1.807, 2.05) is 6.07 Å². The van der Waals surface area contributed by atoms with Crippen molar-refractivity contribution in [3.63, 3.8) is 0 Å². The minimum Gasteiger partial charge on any atom is -0.207 e. The van der Waals surface area contributed by atoms with Crippen molar-refractivity contribution in [2.75, 3.05) is 13.6 Å². The molecule has 0 aromatic heterocycles. The maximum absolute atomic E-state index is 12.4. The predicted molar refractivity (Wildman–Crippen MR) is 72.9 cm³/mol. The first kappa shape index (κ1) is 14.0. The van der Waals surface area contributed by atoms with Crippen LogP contribution in [0.3, 0.4) is 0 Å². The average Bonchev–Trinajstić information content (AvgIpc) is 2.91. The SMILES string of the molecule is CN(CC1CCCC1)S(=O)(=O)c1cccc(C#N)c1. The molecular formula is C14H18N2O2S. The van der Waals surface area contributed by atoms with E-state index in [-0.39, 0.29) is 4.90 Å². The van der Waals surface area contributed by atoms with E-state index in [2.05, 4.69) is 0 Å². The summed E-state index contributed by atoms with van der Waals surface area (Å²) >= 11 is 0. The highest BCUT2D eigenvalue weighted by molar-refractivity contribution is 7.89. The molecule has 2 rings (SSSR count). The summed E-state index contributed by atoms with van der Waals surface area (Å²) in [6, 6.07) is 8.16. The quantitative estimate of drug-likeness (QED) is 0.849. The van der Waals surface area contributed by atoms with Gasteiger partial charge in [-0.3, -0.25) is 0 Å². The summed E-state index contributed by atoms with van der Waals surface area (Å²) in [7, 11) is -1.86. The van der Waals surface area contributed by atoms with Crippen molar-refractivity contribution in [1.29, 1.82) is 5.26 Å². The zero-order valence-electron chi connectivity index (χ0n) is 11.0. The first-order valence-corrected chi connectivity index (χ1v) is 7.94. The smallest absolute Gasteiger partial charge is 0.207 e. The number of nitriles is 1. The van der Waals surface area contributed by atoms with Gasteiger partial charge in [0.15, 0.2) is 0 Å². The Labute approximate surface area is 114 Å². The molecule has 1 aromatic rings. The van der Waals surface area contributed by atoms with E-state index >= 15 is 0 Å². The van der Waals surface area contributed by atoms with Crippen molar-refractivity contribution in [3.05, 3.63) is 29.8 Å². The number of hydrogen-bond donors (Lipinski definition) is 0. The summed E-state index contributed by atoms with van der Waals surface area (Å²) in [5, 5.41) is 8.84. The Morgan fingerprint density at radius 1 is 1.37 bits per heavy atom. The second-order valence-electron chi connectivity index (χ2n) is 5.08. The van der Waals surface area contributed by atoms with Gasteiger partial charge >= 0.3 is 0 Å². The van der Waals surface area contributed by atoms with Crippen molar-refractivity contribution >= 4 is 10.0 Å². The molecule has 1 aliphatic rings. The van der Waals surface area contributed by atoms with Crippen LogP contribution in [0, 0.1) is 17.2 Å². The van der Waals surface area contributed by atoms with Crippen LogP contribution in [0.4, 0.5) is 0 Å². The highest BCUT2D eigenvalue weighted by atomic mass is 32.2. The van der Waals surface area contributed by atoms with Crippen molar-refractivity contribution in [2.45, 2.75) is 30.6 Å². The number of sulfonamides is 1. The molecule has 5 heteroatoms. The van der Waals surface area contributed by atoms with Crippen molar-refractivity contribution in [3.8, 4) is 6.07 Å². The van der Waals surface area contributed by atoms with Gasteiger partial charge in [-0.15, -0.1) is 0 Å². The molecule has 0 aliphatic heterocycles. The Kier molecular flexibility index (Phi) is 4.23. The van der Waals surface area contributed by atoms with Crippen LogP contribution in [0.15, 0.2) is 29.2 Å². The van der Waals surface area contributed by atoms with Gasteiger partial charge in [-0.2, -0.15) is 5.26 Å². The Balaban J connectivity index is 2.18. The molecule has 0 N–H and O–H groups in total. The molecule has 4 nitrogen and oxygen atoms in total. The van der Waals surface area contributed by atoms with Crippen LogP contribution in [0.1, 0.15) is 31.2 Å². The third-order valence-corrected chi connectivity index (χ3v) is 5.48. The lowest BCUT2D eigenvalue weighted by Gasteiger charge is -2.20. The fourth-order valence-electron chi connectivity index (χ4n) is 2.56. The topological polar surface area (TPSA) is 61.2 Å². The van der Waals surface area contributed by atoms with E-state index in [1.165, 1.54) is 23.2 Å². The minimum absolute atomic E-state index is 0.201. The molecule has 0 saturated heterocycles. The zero-order valence-corrected chi connectivity index (χ0v) is 11.9. The van der Waals surface area contributed by atoms with E-state index in [9.17, 15) is 8.42 Å². The van der Waals surface area contributed by atoms with E-state index in [0.29, 0.717) is 18.0 Å². The van der Waals surface area contributed by atoms with Gasteiger partial charge in [0.2, 0.25) is 10.0 Å². The Hall–Kier alpha value is -1.38. The van der Waals surface area contributed by atoms with Crippen LogP contribution in [-0.4, -0.2) is 26.3 Å². The number of rotatable bonds is 4. The summed E-state index contributed by atoms with van der Waals surface area (Å²) in [4.78, 5) is 0.201. The van der Waals surface area contributed by atoms with E-state index in [0.717, 1.165) is 12.8 Å². The molecule has 0 unspecified atom stereocenters. The van der Waals surface area contributed by atoms with Crippen molar-refractivity contribution in [1.82, 2.24) is 4.31 Å². The van der Waals surface area contributed by atoms with E-state index in [4.69, 9.17) is 5.26 Å². The molecule has 0 bridgehead atoms. The lowest BCUT2D eigenvalue weighted by molar-refractivity contribution is 0.387. The summed E-state index contributed by atoms with van der Waals surface area (Å²) in [6.45, 7) is 0.569. The Bertz CT molecular complexity index is 584. The van der Waals surface area contributed by atoms with Crippen molar-refractivity contribution < 1.29 is 8.42 Å². The Morgan fingerprint density at radius 2 is 2.05 bits per heavy atom. The van der Waals surface area contributed by atoms with Gasteiger partial charge in [-0.05, 0) is 37.0 Å². The van der Waals surface area contributed by atoms with Gasteiger partial charge in [0, 0.05) is 13.6 Å². The minimum atomic E-state index is -3.48. The van der Waals surface area contributed by atoms with Crippen LogP contribution in [0.2, 0.25) is 0 Å². The molecule has 1 saturated carbocycles. The van der Waals surface area contributed by atoms with Crippen LogP contribution in [0.25, 0.3) is 0 Å². The van der Waals surface area contributed by atoms with Crippen LogP contribution < -0.4 is 0 Å². The molecule has 1 aliphatic carbocycles. The van der Waals surface area contributed by atoms with Gasteiger partial charge in [0.05, 0.1) is 16.5 Å².